The fourth-order valence-electron chi connectivity index (χ4n) is 1.17. The van der Waals surface area contributed by atoms with Crippen LogP contribution in [0, 0.1) is 6.92 Å². The van der Waals surface area contributed by atoms with Gasteiger partial charge in [0.05, 0.1) is 11.8 Å². The van der Waals surface area contributed by atoms with Crippen LogP contribution in [-0.2, 0) is 0 Å². The minimum Gasteiger partial charge on any atom is -0.477 e. The van der Waals surface area contributed by atoms with Gasteiger partial charge in [-0.3, -0.25) is 5.10 Å². The monoisotopic (exact) mass is 204 g/mol. The van der Waals surface area contributed by atoms with Crippen molar-refractivity contribution in [3.63, 3.8) is 0 Å². The van der Waals surface area contributed by atoms with Gasteiger partial charge in [0.15, 0.2) is 11.5 Å². The Kier molecular flexibility index (Phi) is 2.17. The normalized spacial score (nSPS) is 10.2. The number of aromatic nitrogens is 4. The molecule has 15 heavy (non-hydrogen) atoms. The van der Waals surface area contributed by atoms with Crippen LogP contribution < -0.4 is 0 Å². The molecule has 6 nitrogen and oxygen atoms in total. The van der Waals surface area contributed by atoms with Crippen molar-refractivity contribution in [2.24, 2.45) is 0 Å². The van der Waals surface area contributed by atoms with E-state index in [2.05, 4.69) is 20.2 Å². The number of carboxylic acid groups (broad SMARTS) is 1. The Morgan fingerprint density at radius 1 is 1.47 bits per heavy atom. The van der Waals surface area contributed by atoms with Crippen molar-refractivity contribution in [1.82, 2.24) is 20.2 Å². The molecule has 2 aromatic heterocycles. The highest BCUT2D eigenvalue weighted by Gasteiger charge is 2.12. The first kappa shape index (κ1) is 9.32. The van der Waals surface area contributed by atoms with Crippen LogP contribution in [0.4, 0.5) is 0 Å². The lowest BCUT2D eigenvalue weighted by Gasteiger charge is -2.00. The van der Waals surface area contributed by atoms with Gasteiger partial charge in [-0.15, -0.1) is 0 Å². The molecule has 0 unspecified atom stereocenters. The van der Waals surface area contributed by atoms with Crippen LogP contribution in [0.3, 0.4) is 0 Å². The Balaban J connectivity index is 2.52. The zero-order chi connectivity index (χ0) is 10.8. The molecular weight excluding hydrogens is 196 g/mol. The summed E-state index contributed by atoms with van der Waals surface area (Å²) in [6.45, 7) is 1.66. The summed E-state index contributed by atoms with van der Waals surface area (Å²) in [5.41, 5.74) is 1.22. The van der Waals surface area contributed by atoms with Crippen LogP contribution in [0.1, 0.15) is 16.1 Å². The Hall–Kier alpha value is -2.24. The first-order valence-corrected chi connectivity index (χ1v) is 4.24. The number of nitrogens with one attached hydrogen (secondary N) is 1. The summed E-state index contributed by atoms with van der Waals surface area (Å²) in [7, 11) is 0. The molecule has 0 aliphatic rings. The second-order valence-electron chi connectivity index (χ2n) is 3.02. The summed E-state index contributed by atoms with van der Waals surface area (Å²) in [5, 5.41) is 15.2. The van der Waals surface area contributed by atoms with Crippen LogP contribution in [0.15, 0.2) is 18.6 Å². The minimum atomic E-state index is -1.06. The van der Waals surface area contributed by atoms with E-state index in [4.69, 9.17) is 5.11 Å². The molecule has 0 saturated heterocycles. The molecule has 0 saturated carbocycles. The summed E-state index contributed by atoms with van der Waals surface area (Å²) in [6.07, 6.45) is 4.63. The molecule has 2 aromatic rings. The van der Waals surface area contributed by atoms with Crippen molar-refractivity contribution < 1.29 is 9.90 Å². The topological polar surface area (TPSA) is 91.8 Å². The van der Waals surface area contributed by atoms with E-state index in [1.54, 1.807) is 13.1 Å². The molecule has 6 heteroatoms. The maximum atomic E-state index is 10.8. The van der Waals surface area contributed by atoms with Crippen molar-refractivity contribution in [2.45, 2.75) is 6.92 Å². The lowest BCUT2D eigenvalue weighted by molar-refractivity contribution is 0.0689. The largest absolute Gasteiger partial charge is 0.477 e. The molecule has 2 rings (SSSR count). The highest BCUT2D eigenvalue weighted by Crippen LogP contribution is 2.13. The fraction of sp³-hybridized carbons (Fsp3) is 0.111. The molecule has 76 valence electrons. The molecule has 0 aliphatic carbocycles. The van der Waals surface area contributed by atoms with Gasteiger partial charge in [0.2, 0.25) is 0 Å². The molecule has 2 heterocycles. The summed E-state index contributed by atoms with van der Waals surface area (Å²) < 4.78 is 0. The first-order valence-electron chi connectivity index (χ1n) is 4.24. The predicted molar refractivity (Wildman–Crippen MR) is 51.3 cm³/mol. The van der Waals surface area contributed by atoms with Gasteiger partial charge in [-0.25, -0.2) is 14.8 Å². The third-order valence-corrected chi connectivity index (χ3v) is 1.93. The zero-order valence-corrected chi connectivity index (χ0v) is 7.93. The predicted octanol–water partition coefficient (Wildman–Crippen LogP) is 0.873. The molecule has 0 radical (unpaired) electrons. The quantitative estimate of drug-likeness (QED) is 0.757. The maximum absolute atomic E-state index is 10.8. The number of H-pyrrole nitrogens is 1. The van der Waals surface area contributed by atoms with Gasteiger partial charge in [-0.2, -0.15) is 5.10 Å². The second-order valence-corrected chi connectivity index (χ2v) is 3.02. The first-order chi connectivity index (χ1) is 7.18. The maximum Gasteiger partial charge on any atom is 0.354 e. The summed E-state index contributed by atoms with van der Waals surface area (Å²) in [4.78, 5) is 18.8. The number of carboxylic acids is 1. The van der Waals surface area contributed by atoms with Gasteiger partial charge < -0.3 is 5.11 Å². The van der Waals surface area contributed by atoms with Gasteiger partial charge in [-0.1, -0.05) is 0 Å². The van der Waals surface area contributed by atoms with Gasteiger partial charge in [-0.05, 0) is 6.92 Å². The summed E-state index contributed by atoms with van der Waals surface area (Å²) in [5.74, 6) is -0.702. The van der Waals surface area contributed by atoms with Crippen LogP contribution in [-0.4, -0.2) is 31.2 Å². The number of rotatable bonds is 2. The van der Waals surface area contributed by atoms with Crippen LogP contribution in [0.25, 0.3) is 11.4 Å². The van der Waals surface area contributed by atoms with E-state index in [9.17, 15) is 4.79 Å². The van der Waals surface area contributed by atoms with Crippen molar-refractivity contribution >= 4 is 5.97 Å². The SMILES string of the molecule is Cc1cnc(-c2cn[nH]c2)nc1C(=O)O. The van der Waals surface area contributed by atoms with E-state index in [1.807, 2.05) is 0 Å². The van der Waals surface area contributed by atoms with E-state index in [1.165, 1.54) is 12.4 Å². The van der Waals surface area contributed by atoms with E-state index in [0.717, 1.165) is 0 Å². The molecule has 0 atom stereocenters. The third kappa shape index (κ3) is 1.69. The Morgan fingerprint density at radius 3 is 2.87 bits per heavy atom. The summed E-state index contributed by atoms with van der Waals surface area (Å²) in [6, 6.07) is 0. The molecule has 0 spiro atoms. The average molecular weight is 204 g/mol. The highest BCUT2D eigenvalue weighted by atomic mass is 16.4. The number of hydrogen-bond acceptors (Lipinski definition) is 4. The van der Waals surface area contributed by atoms with Crippen LogP contribution in [0.2, 0.25) is 0 Å². The van der Waals surface area contributed by atoms with Crippen LogP contribution >= 0.6 is 0 Å². The van der Waals surface area contributed by atoms with E-state index in [0.29, 0.717) is 17.0 Å². The van der Waals surface area contributed by atoms with E-state index < -0.39 is 5.97 Å². The third-order valence-electron chi connectivity index (χ3n) is 1.93. The molecule has 2 N–H and O–H groups in total. The number of hydrogen-bond donors (Lipinski definition) is 2. The van der Waals surface area contributed by atoms with Crippen LogP contribution in [0.5, 0.6) is 0 Å². The van der Waals surface area contributed by atoms with E-state index >= 15 is 0 Å². The Labute approximate surface area is 85.0 Å². The highest BCUT2D eigenvalue weighted by molar-refractivity contribution is 5.87. The van der Waals surface area contributed by atoms with Gasteiger partial charge in [0.1, 0.15) is 0 Å². The molecule has 0 amide bonds. The van der Waals surface area contributed by atoms with E-state index in [-0.39, 0.29) is 5.69 Å². The average Bonchev–Trinajstić information content (AvgIpc) is 2.71. The van der Waals surface area contributed by atoms with Crippen molar-refractivity contribution in [1.29, 1.82) is 0 Å². The minimum absolute atomic E-state index is 0.0150. The molecular formula is C9H8N4O2. The number of nitrogens with zero attached hydrogens (tertiary/aromatic N) is 3. The lowest BCUT2D eigenvalue weighted by atomic mass is 10.2. The molecule has 0 aliphatic heterocycles. The lowest BCUT2D eigenvalue weighted by Crippen LogP contribution is -2.05. The molecule has 0 bridgehead atoms. The Bertz CT molecular complexity index is 493. The molecule has 0 aromatic carbocycles. The van der Waals surface area contributed by atoms with Gasteiger partial charge >= 0.3 is 5.97 Å². The van der Waals surface area contributed by atoms with Gasteiger partial charge in [0.25, 0.3) is 0 Å². The number of aromatic amines is 1. The molecule has 0 fully saturated rings. The number of aryl methyl sites for hydroxylation is 1. The number of aromatic carboxylic acids is 1. The number of carbonyl (C=O) groups is 1. The van der Waals surface area contributed by atoms with Crippen molar-refractivity contribution in [2.75, 3.05) is 0 Å². The van der Waals surface area contributed by atoms with Crippen molar-refractivity contribution in [3.05, 3.63) is 29.8 Å². The Morgan fingerprint density at radius 2 is 2.27 bits per heavy atom. The zero-order valence-electron chi connectivity index (χ0n) is 7.93. The fourth-order valence-corrected chi connectivity index (χ4v) is 1.17. The summed E-state index contributed by atoms with van der Waals surface area (Å²) >= 11 is 0. The smallest absolute Gasteiger partial charge is 0.354 e. The second kappa shape index (κ2) is 3.49. The van der Waals surface area contributed by atoms with Gasteiger partial charge in [0, 0.05) is 18.0 Å². The standard InChI is InChI=1S/C9H8N4O2/c1-5-2-10-8(6-3-11-12-4-6)13-7(5)9(14)15/h2-4H,1H3,(H,11,12)(H,14,15). The van der Waals surface area contributed by atoms with Crippen molar-refractivity contribution in [3.8, 4) is 11.4 Å².